The Labute approximate surface area is 103 Å². The van der Waals surface area contributed by atoms with Crippen LogP contribution in [0.15, 0.2) is 36.7 Å². The normalized spacial score (nSPS) is 10.7. The van der Waals surface area contributed by atoms with Crippen LogP contribution >= 0.6 is 0 Å². The Hall–Kier alpha value is -1.57. The van der Waals surface area contributed by atoms with E-state index >= 15 is 0 Å². The quantitative estimate of drug-likeness (QED) is 0.716. The molecule has 0 saturated carbocycles. The van der Waals surface area contributed by atoms with Crippen LogP contribution in [0.1, 0.15) is 29.8 Å². The topological polar surface area (TPSA) is 17.8 Å². The zero-order valence-electron chi connectivity index (χ0n) is 10.7. The molecule has 1 heterocycles. The highest BCUT2D eigenvalue weighted by Crippen LogP contribution is 2.08. The minimum Gasteiger partial charge on any atom is -0.335 e. The lowest BCUT2D eigenvalue weighted by Crippen LogP contribution is -1.99. The molecule has 0 aliphatic carbocycles. The number of unbranched alkanes of at least 4 members (excludes halogenated alkanes) is 1. The van der Waals surface area contributed by atoms with Crippen molar-refractivity contribution in [3.8, 4) is 0 Å². The third kappa shape index (κ3) is 3.19. The molecule has 0 bridgehead atoms. The average Bonchev–Trinajstić information content (AvgIpc) is 2.67. The third-order valence-corrected chi connectivity index (χ3v) is 3.30. The van der Waals surface area contributed by atoms with Gasteiger partial charge in [0, 0.05) is 12.2 Å². The van der Waals surface area contributed by atoms with Crippen LogP contribution in [0.3, 0.4) is 0 Å². The highest BCUT2D eigenvalue weighted by Gasteiger charge is 2.01. The molecule has 90 valence electrons. The first-order valence-electron chi connectivity index (χ1n) is 6.29. The van der Waals surface area contributed by atoms with Crippen molar-refractivity contribution >= 4 is 0 Å². The van der Waals surface area contributed by atoms with Crippen LogP contribution in [-0.2, 0) is 13.0 Å². The second-order valence-corrected chi connectivity index (χ2v) is 4.55. The minimum absolute atomic E-state index is 1.08. The van der Waals surface area contributed by atoms with Gasteiger partial charge in [-0.2, -0.15) is 0 Å². The average molecular weight is 228 g/mol. The Morgan fingerprint density at radius 3 is 2.47 bits per heavy atom. The van der Waals surface area contributed by atoms with Gasteiger partial charge in [-0.25, -0.2) is 4.98 Å². The summed E-state index contributed by atoms with van der Waals surface area (Å²) in [6.07, 6.45) is 5.58. The van der Waals surface area contributed by atoms with Crippen LogP contribution in [0.2, 0.25) is 0 Å². The highest BCUT2D eigenvalue weighted by atomic mass is 15.0. The van der Waals surface area contributed by atoms with E-state index in [1.165, 1.54) is 30.5 Å². The Kier molecular flexibility index (Phi) is 3.97. The fourth-order valence-electron chi connectivity index (χ4n) is 2.03. The van der Waals surface area contributed by atoms with Gasteiger partial charge in [0.15, 0.2) is 0 Å². The molecule has 17 heavy (non-hydrogen) atoms. The van der Waals surface area contributed by atoms with Crippen LogP contribution in [0.4, 0.5) is 0 Å². The molecule has 2 heteroatoms. The summed E-state index contributed by atoms with van der Waals surface area (Å²) in [4.78, 5) is 4.32. The summed E-state index contributed by atoms with van der Waals surface area (Å²) in [6, 6.07) is 10.7. The smallest absolute Gasteiger partial charge is 0.0951 e. The maximum atomic E-state index is 4.32. The first-order chi connectivity index (χ1) is 8.27. The summed E-state index contributed by atoms with van der Waals surface area (Å²) in [5.41, 5.74) is 3.88. The molecule has 2 nitrogen and oxygen atoms in total. The van der Waals surface area contributed by atoms with E-state index in [4.69, 9.17) is 0 Å². The molecule has 0 radical (unpaired) electrons. The van der Waals surface area contributed by atoms with E-state index in [1.54, 1.807) is 0 Å². The van der Waals surface area contributed by atoms with E-state index in [1.807, 2.05) is 6.33 Å². The first kappa shape index (κ1) is 11.9. The van der Waals surface area contributed by atoms with Crippen molar-refractivity contribution in [2.24, 2.45) is 0 Å². The predicted octanol–water partition coefficient (Wildman–Crippen LogP) is 3.52. The van der Waals surface area contributed by atoms with Crippen LogP contribution in [0, 0.1) is 13.8 Å². The maximum absolute atomic E-state index is 4.32. The van der Waals surface area contributed by atoms with Crippen molar-refractivity contribution < 1.29 is 0 Å². The van der Waals surface area contributed by atoms with E-state index in [0.29, 0.717) is 0 Å². The Morgan fingerprint density at radius 2 is 1.82 bits per heavy atom. The fraction of sp³-hybridized carbons (Fsp3) is 0.400. The SMILES string of the molecule is Cc1ncn(CCCCc2ccccc2)c1C. The molecule has 1 aromatic carbocycles. The lowest BCUT2D eigenvalue weighted by atomic mass is 10.1. The molecule has 0 fully saturated rings. The van der Waals surface area contributed by atoms with Crippen LogP contribution in [-0.4, -0.2) is 9.55 Å². The first-order valence-corrected chi connectivity index (χ1v) is 6.29. The molecule has 2 rings (SSSR count). The van der Waals surface area contributed by atoms with Crippen molar-refractivity contribution in [3.63, 3.8) is 0 Å². The van der Waals surface area contributed by atoms with Crippen LogP contribution < -0.4 is 0 Å². The predicted molar refractivity (Wildman–Crippen MR) is 71.1 cm³/mol. The summed E-state index contributed by atoms with van der Waals surface area (Å²) in [5, 5.41) is 0. The van der Waals surface area contributed by atoms with E-state index in [-0.39, 0.29) is 0 Å². The number of nitrogens with zero attached hydrogens (tertiary/aromatic N) is 2. The maximum Gasteiger partial charge on any atom is 0.0951 e. The van der Waals surface area contributed by atoms with Gasteiger partial charge in [0.1, 0.15) is 0 Å². The molecule has 0 aliphatic rings. The van der Waals surface area contributed by atoms with Crippen molar-refractivity contribution in [2.45, 2.75) is 39.7 Å². The summed E-state index contributed by atoms with van der Waals surface area (Å²) < 4.78 is 2.25. The number of hydrogen-bond acceptors (Lipinski definition) is 1. The van der Waals surface area contributed by atoms with Gasteiger partial charge in [0.2, 0.25) is 0 Å². The lowest BCUT2D eigenvalue weighted by Gasteiger charge is -2.05. The molecule has 0 spiro atoms. The van der Waals surface area contributed by atoms with Gasteiger partial charge in [0.05, 0.1) is 12.0 Å². The van der Waals surface area contributed by atoms with Crippen molar-refractivity contribution in [1.82, 2.24) is 9.55 Å². The number of benzene rings is 1. The molecular weight excluding hydrogens is 208 g/mol. The van der Waals surface area contributed by atoms with Gasteiger partial charge in [-0.05, 0) is 38.7 Å². The molecule has 0 aliphatic heterocycles. The Morgan fingerprint density at radius 1 is 1.06 bits per heavy atom. The molecule has 0 N–H and O–H groups in total. The molecule has 1 aromatic heterocycles. The zero-order chi connectivity index (χ0) is 12.1. The molecular formula is C15H20N2. The summed E-state index contributed by atoms with van der Waals surface area (Å²) in [7, 11) is 0. The number of hydrogen-bond donors (Lipinski definition) is 0. The summed E-state index contributed by atoms with van der Waals surface area (Å²) >= 11 is 0. The summed E-state index contributed by atoms with van der Waals surface area (Å²) in [6.45, 7) is 5.29. The standard InChI is InChI=1S/C15H20N2/c1-13-14(2)17(12-16-13)11-7-6-10-15-8-4-3-5-9-15/h3-5,8-9,12H,6-7,10-11H2,1-2H3. The Balaban J connectivity index is 1.75. The number of imidazole rings is 1. The van der Waals surface area contributed by atoms with Crippen LogP contribution in [0.25, 0.3) is 0 Å². The van der Waals surface area contributed by atoms with Gasteiger partial charge < -0.3 is 4.57 Å². The van der Waals surface area contributed by atoms with Gasteiger partial charge >= 0.3 is 0 Å². The lowest BCUT2D eigenvalue weighted by molar-refractivity contribution is 0.598. The number of aryl methyl sites for hydroxylation is 3. The largest absolute Gasteiger partial charge is 0.335 e. The second kappa shape index (κ2) is 5.67. The monoisotopic (exact) mass is 228 g/mol. The zero-order valence-corrected chi connectivity index (χ0v) is 10.7. The number of rotatable bonds is 5. The van der Waals surface area contributed by atoms with Crippen molar-refractivity contribution in [2.75, 3.05) is 0 Å². The minimum atomic E-state index is 1.08. The van der Waals surface area contributed by atoms with Gasteiger partial charge in [-0.3, -0.25) is 0 Å². The summed E-state index contributed by atoms with van der Waals surface area (Å²) in [5.74, 6) is 0. The van der Waals surface area contributed by atoms with Gasteiger partial charge in [-0.15, -0.1) is 0 Å². The van der Waals surface area contributed by atoms with Crippen molar-refractivity contribution in [3.05, 3.63) is 53.6 Å². The van der Waals surface area contributed by atoms with Gasteiger partial charge in [0.25, 0.3) is 0 Å². The fourth-order valence-corrected chi connectivity index (χ4v) is 2.03. The molecule has 0 saturated heterocycles. The molecule has 0 amide bonds. The van der Waals surface area contributed by atoms with Crippen molar-refractivity contribution in [1.29, 1.82) is 0 Å². The highest BCUT2D eigenvalue weighted by molar-refractivity contribution is 5.14. The number of aromatic nitrogens is 2. The molecule has 2 aromatic rings. The third-order valence-electron chi connectivity index (χ3n) is 3.30. The van der Waals surface area contributed by atoms with E-state index in [0.717, 1.165) is 12.2 Å². The molecule has 0 atom stereocenters. The second-order valence-electron chi connectivity index (χ2n) is 4.55. The van der Waals surface area contributed by atoms with E-state index in [2.05, 4.69) is 53.7 Å². The van der Waals surface area contributed by atoms with E-state index in [9.17, 15) is 0 Å². The Bertz CT molecular complexity index is 457. The van der Waals surface area contributed by atoms with Gasteiger partial charge in [-0.1, -0.05) is 30.3 Å². The van der Waals surface area contributed by atoms with E-state index < -0.39 is 0 Å². The molecule has 0 unspecified atom stereocenters. The van der Waals surface area contributed by atoms with Crippen LogP contribution in [0.5, 0.6) is 0 Å².